The zero-order chi connectivity index (χ0) is 17.9. The zero-order valence-corrected chi connectivity index (χ0v) is 13.7. The maximum absolute atomic E-state index is 12.1. The number of amides is 3. The second-order valence-corrected chi connectivity index (χ2v) is 6.30. The molecule has 1 unspecified atom stereocenters. The van der Waals surface area contributed by atoms with Crippen molar-refractivity contribution in [1.82, 2.24) is 10.3 Å². The van der Waals surface area contributed by atoms with E-state index in [9.17, 15) is 14.4 Å². The Hall–Kier alpha value is -2.84. The highest BCUT2D eigenvalue weighted by molar-refractivity contribution is 5.98. The Morgan fingerprint density at radius 1 is 1.50 bits per heavy atom. The fraction of sp³-hybridized carbons (Fsp3) is 0.467. The number of anilines is 1. The number of rotatable bonds is 4. The van der Waals surface area contributed by atoms with Crippen molar-refractivity contribution in [2.24, 2.45) is 5.73 Å². The quantitative estimate of drug-likeness (QED) is 0.735. The minimum atomic E-state index is -1.12. The van der Waals surface area contributed by atoms with Gasteiger partial charge in [-0.2, -0.15) is 0 Å². The maximum atomic E-state index is 12.1. The standard InChI is InChI=1S/C15H20N4O5/c1-15(2,3)24-14(22)19-9(12(16)20)6-10-13(21)18-8-4-5-17-7-11(8)23-10/h4-5,7,9-10H,6H2,1-3H3,(H2,16,20)(H,18,21)(H,19,22)/t9?,10-/m0/s1. The average molecular weight is 336 g/mol. The molecule has 0 fully saturated rings. The van der Waals surface area contributed by atoms with E-state index in [1.807, 2.05) is 0 Å². The summed E-state index contributed by atoms with van der Waals surface area (Å²) in [4.78, 5) is 39.4. The number of fused-ring (bicyclic) bond motifs is 1. The molecule has 1 aromatic heterocycles. The van der Waals surface area contributed by atoms with Crippen LogP contribution in [0.15, 0.2) is 18.5 Å². The number of alkyl carbamates (subject to hydrolysis) is 1. The van der Waals surface area contributed by atoms with Crippen molar-refractivity contribution in [3.05, 3.63) is 18.5 Å². The van der Waals surface area contributed by atoms with Crippen molar-refractivity contribution in [3.8, 4) is 5.75 Å². The Labute approximate surface area is 138 Å². The van der Waals surface area contributed by atoms with Gasteiger partial charge >= 0.3 is 6.09 Å². The van der Waals surface area contributed by atoms with Gasteiger partial charge in [0, 0.05) is 12.6 Å². The molecule has 0 bridgehead atoms. The van der Waals surface area contributed by atoms with Crippen LogP contribution in [0.25, 0.3) is 0 Å². The highest BCUT2D eigenvalue weighted by Gasteiger charge is 2.33. The van der Waals surface area contributed by atoms with Crippen LogP contribution in [0.2, 0.25) is 0 Å². The van der Waals surface area contributed by atoms with Gasteiger partial charge in [-0.3, -0.25) is 14.6 Å². The Kier molecular flexibility index (Phi) is 4.91. The highest BCUT2D eigenvalue weighted by Crippen LogP contribution is 2.29. The summed E-state index contributed by atoms with van der Waals surface area (Å²) in [5.41, 5.74) is 5.06. The second-order valence-electron chi connectivity index (χ2n) is 6.30. The van der Waals surface area contributed by atoms with Gasteiger partial charge < -0.3 is 25.8 Å². The molecule has 2 heterocycles. The first-order chi connectivity index (χ1) is 11.2. The molecule has 24 heavy (non-hydrogen) atoms. The van der Waals surface area contributed by atoms with E-state index in [0.717, 1.165) is 0 Å². The van der Waals surface area contributed by atoms with Crippen LogP contribution in [0.4, 0.5) is 10.5 Å². The molecule has 4 N–H and O–H groups in total. The van der Waals surface area contributed by atoms with Crippen LogP contribution < -0.4 is 21.1 Å². The monoisotopic (exact) mass is 336 g/mol. The minimum absolute atomic E-state index is 0.130. The lowest BCUT2D eigenvalue weighted by atomic mass is 10.1. The van der Waals surface area contributed by atoms with Crippen LogP contribution in [0.3, 0.4) is 0 Å². The number of nitrogens with one attached hydrogen (secondary N) is 2. The first-order valence-corrected chi connectivity index (χ1v) is 7.36. The molecule has 0 aliphatic carbocycles. The Morgan fingerprint density at radius 3 is 2.83 bits per heavy atom. The van der Waals surface area contributed by atoms with Crippen molar-refractivity contribution in [3.63, 3.8) is 0 Å². The molecule has 2 atom stereocenters. The molecule has 0 saturated heterocycles. The van der Waals surface area contributed by atoms with Crippen molar-refractivity contribution >= 4 is 23.6 Å². The van der Waals surface area contributed by atoms with E-state index in [2.05, 4.69) is 15.6 Å². The number of nitrogens with two attached hydrogens (primary N) is 1. The molecule has 9 nitrogen and oxygen atoms in total. The lowest BCUT2D eigenvalue weighted by Gasteiger charge is -2.28. The third-order valence-corrected chi connectivity index (χ3v) is 3.09. The number of primary amides is 1. The largest absolute Gasteiger partial charge is 0.477 e. The van der Waals surface area contributed by atoms with Gasteiger partial charge in [0.05, 0.1) is 11.9 Å². The fourth-order valence-corrected chi connectivity index (χ4v) is 2.06. The number of hydrogen-bond acceptors (Lipinski definition) is 6. The van der Waals surface area contributed by atoms with E-state index >= 15 is 0 Å². The molecular weight excluding hydrogens is 316 g/mol. The molecule has 130 valence electrons. The van der Waals surface area contributed by atoms with Crippen molar-refractivity contribution in [1.29, 1.82) is 0 Å². The number of ether oxygens (including phenoxy) is 2. The summed E-state index contributed by atoms with van der Waals surface area (Å²) in [6.07, 6.45) is 1.04. The summed E-state index contributed by atoms with van der Waals surface area (Å²) in [6.45, 7) is 5.06. The van der Waals surface area contributed by atoms with E-state index < -0.39 is 35.7 Å². The van der Waals surface area contributed by atoms with Gasteiger partial charge in [0.1, 0.15) is 11.6 Å². The van der Waals surface area contributed by atoms with Crippen molar-refractivity contribution in [2.75, 3.05) is 5.32 Å². The van der Waals surface area contributed by atoms with Gasteiger partial charge in [0.25, 0.3) is 5.91 Å². The molecular formula is C15H20N4O5. The molecule has 0 saturated carbocycles. The van der Waals surface area contributed by atoms with Gasteiger partial charge in [-0.05, 0) is 26.8 Å². The topological polar surface area (TPSA) is 133 Å². The lowest BCUT2D eigenvalue weighted by Crippen LogP contribution is -2.50. The summed E-state index contributed by atoms with van der Waals surface area (Å²) < 4.78 is 10.6. The first kappa shape index (κ1) is 17.5. The molecule has 1 aliphatic rings. The van der Waals surface area contributed by atoms with Crippen molar-refractivity contribution < 1.29 is 23.9 Å². The van der Waals surface area contributed by atoms with Gasteiger partial charge in [0.15, 0.2) is 11.9 Å². The summed E-state index contributed by atoms with van der Waals surface area (Å²) in [5.74, 6) is -0.859. The van der Waals surface area contributed by atoms with E-state index in [4.69, 9.17) is 15.2 Å². The highest BCUT2D eigenvalue weighted by atomic mass is 16.6. The molecule has 0 spiro atoms. The number of hydrogen-bond donors (Lipinski definition) is 3. The van der Waals surface area contributed by atoms with Crippen LogP contribution in [0, 0.1) is 0 Å². The number of carbonyl (C=O) groups is 3. The predicted molar refractivity (Wildman–Crippen MR) is 84.3 cm³/mol. The SMILES string of the molecule is CC(C)(C)OC(=O)NC(C[C@@H]1Oc2cnccc2NC1=O)C(N)=O. The van der Waals surface area contributed by atoms with E-state index in [-0.39, 0.29) is 6.42 Å². The normalized spacial score (nSPS) is 17.8. The number of pyridine rings is 1. The fourth-order valence-electron chi connectivity index (χ4n) is 2.06. The maximum Gasteiger partial charge on any atom is 0.408 e. The van der Waals surface area contributed by atoms with E-state index in [1.54, 1.807) is 26.8 Å². The van der Waals surface area contributed by atoms with Crippen LogP contribution >= 0.6 is 0 Å². The van der Waals surface area contributed by atoms with Crippen LogP contribution in [-0.4, -0.2) is 40.6 Å². The molecule has 1 aliphatic heterocycles. The van der Waals surface area contributed by atoms with Gasteiger partial charge in [0.2, 0.25) is 5.91 Å². The predicted octanol–water partition coefficient (Wildman–Crippen LogP) is 0.550. The zero-order valence-electron chi connectivity index (χ0n) is 13.7. The van der Waals surface area contributed by atoms with Crippen LogP contribution in [0.1, 0.15) is 27.2 Å². The Morgan fingerprint density at radius 2 is 2.21 bits per heavy atom. The Balaban J connectivity index is 2.04. The average Bonchev–Trinajstić information content (AvgIpc) is 2.45. The van der Waals surface area contributed by atoms with Crippen LogP contribution in [-0.2, 0) is 14.3 Å². The molecule has 0 aromatic carbocycles. The molecule has 3 amide bonds. The summed E-state index contributed by atoms with van der Waals surface area (Å²) in [7, 11) is 0. The summed E-state index contributed by atoms with van der Waals surface area (Å²) in [5, 5.41) is 5.00. The second kappa shape index (κ2) is 6.73. The summed E-state index contributed by atoms with van der Waals surface area (Å²) >= 11 is 0. The molecule has 2 rings (SSSR count). The van der Waals surface area contributed by atoms with Crippen LogP contribution in [0.5, 0.6) is 5.75 Å². The smallest absolute Gasteiger partial charge is 0.408 e. The molecule has 9 heteroatoms. The van der Waals surface area contributed by atoms with Gasteiger partial charge in [-0.25, -0.2) is 4.79 Å². The molecule has 1 aromatic rings. The number of carbonyl (C=O) groups excluding carboxylic acids is 3. The van der Waals surface area contributed by atoms with E-state index in [1.165, 1.54) is 12.4 Å². The van der Waals surface area contributed by atoms with Crippen molar-refractivity contribution in [2.45, 2.75) is 44.9 Å². The lowest BCUT2D eigenvalue weighted by molar-refractivity contribution is -0.125. The third kappa shape index (κ3) is 4.58. The number of aromatic nitrogens is 1. The van der Waals surface area contributed by atoms with Gasteiger partial charge in [-0.15, -0.1) is 0 Å². The third-order valence-electron chi connectivity index (χ3n) is 3.09. The van der Waals surface area contributed by atoms with Gasteiger partial charge in [-0.1, -0.05) is 0 Å². The first-order valence-electron chi connectivity index (χ1n) is 7.36. The number of nitrogens with zero attached hydrogens (tertiary/aromatic N) is 1. The Bertz CT molecular complexity index is 656. The van der Waals surface area contributed by atoms with E-state index in [0.29, 0.717) is 11.4 Å². The minimum Gasteiger partial charge on any atom is -0.477 e. The summed E-state index contributed by atoms with van der Waals surface area (Å²) in [6, 6.07) is 0.474. The molecule has 0 radical (unpaired) electrons.